The zero-order valence-corrected chi connectivity index (χ0v) is 17.5. The number of ether oxygens (including phenoxy) is 1. The number of carbonyl (C=O) groups is 1. The van der Waals surface area contributed by atoms with Crippen molar-refractivity contribution < 1.29 is 9.53 Å². The molecule has 0 radical (unpaired) electrons. The zero-order valence-electron chi connectivity index (χ0n) is 16.6. The van der Waals surface area contributed by atoms with Crippen LogP contribution >= 0.6 is 11.3 Å². The van der Waals surface area contributed by atoms with E-state index in [-0.39, 0.29) is 11.9 Å². The van der Waals surface area contributed by atoms with Crippen LogP contribution < -0.4 is 10.1 Å². The van der Waals surface area contributed by atoms with E-state index in [9.17, 15) is 4.79 Å². The van der Waals surface area contributed by atoms with Crippen molar-refractivity contribution >= 4 is 28.2 Å². The molecule has 1 amide bonds. The van der Waals surface area contributed by atoms with Crippen LogP contribution in [-0.2, 0) is 0 Å². The van der Waals surface area contributed by atoms with Crippen molar-refractivity contribution in [2.45, 2.75) is 0 Å². The molecule has 0 saturated heterocycles. The summed E-state index contributed by atoms with van der Waals surface area (Å²) in [5.74, 6) is 0.822. The maximum Gasteiger partial charge on any atom is 0.258 e. The molecular formula is C24H18N4O2S. The predicted molar refractivity (Wildman–Crippen MR) is 123 cm³/mol. The minimum Gasteiger partial charge on any atom is -0.497 e. The summed E-state index contributed by atoms with van der Waals surface area (Å²) in [4.78, 5) is 17.8. The number of amides is 1. The van der Waals surface area contributed by atoms with E-state index in [1.807, 2.05) is 72.1 Å². The number of anilines is 1. The lowest BCUT2D eigenvalue weighted by Gasteiger charge is -2.04. The Bertz CT molecular complexity index is 1340. The van der Waals surface area contributed by atoms with Gasteiger partial charge in [0, 0.05) is 16.5 Å². The first kappa shape index (κ1) is 19.0. The van der Waals surface area contributed by atoms with E-state index in [4.69, 9.17) is 4.74 Å². The standard InChI is InChI=1S/C24H18N4O2S/c1-30-20-13-11-18(12-14-20)21-15-31-24-26-23(27-28(21)24)25-22(29)19-9-7-17(8-10-19)16-5-3-2-4-6-16/h2-15H,1H3,(H,25,27,29). The van der Waals surface area contributed by atoms with Gasteiger partial charge in [0.15, 0.2) is 0 Å². The van der Waals surface area contributed by atoms with Crippen LogP contribution in [0, 0.1) is 0 Å². The van der Waals surface area contributed by atoms with Gasteiger partial charge in [0.05, 0.1) is 12.8 Å². The molecule has 6 nitrogen and oxygen atoms in total. The number of hydrogen-bond acceptors (Lipinski definition) is 5. The van der Waals surface area contributed by atoms with Gasteiger partial charge in [0.2, 0.25) is 4.96 Å². The van der Waals surface area contributed by atoms with Crippen LogP contribution in [0.25, 0.3) is 27.3 Å². The maximum absolute atomic E-state index is 12.7. The molecular weight excluding hydrogens is 408 g/mol. The van der Waals surface area contributed by atoms with Crippen molar-refractivity contribution in [1.82, 2.24) is 14.6 Å². The van der Waals surface area contributed by atoms with Crippen molar-refractivity contribution in [3.05, 3.63) is 89.8 Å². The maximum atomic E-state index is 12.7. The Hall–Kier alpha value is -3.97. The van der Waals surface area contributed by atoms with Crippen LogP contribution in [0.5, 0.6) is 5.75 Å². The van der Waals surface area contributed by atoms with Crippen molar-refractivity contribution in [2.75, 3.05) is 12.4 Å². The zero-order chi connectivity index (χ0) is 21.2. The topological polar surface area (TPSA) is 68.5 Å². The smallest absolute Gasteiger partial charge is 0.258 e. The van der Waals surface area contributed by atoms with Crippen LogP contribution in [0.1, 0.15) is 10.4 Å². The Labute approximate surface area is 182 Å². The minimum atomic E-state index is -0.246. The minimum absolute atomic E-state index is 0.246. The summed E-state index contributed by atoms with van der Waals surface area (Å²) in [7, 11) is 1.64. The molecule has 0 bridgehead atoms. The highest BCUT2D eigenvalue weighted by molar-refractivity contribution is 7.15. The summed E-state index contributed by atoms with van der Waals surface area (Å²) < 4.78 is 6.95. The molecule has 0 aliphatic carbocycles. The monoisotopic (exact) mass is 426 g/mol. The van der Waals surface area contributed by atoms with Gasteiger partial charge in [-0.3, -0.25) is 10.1 Å². The van der Waals surface area contributed by atoms with E-state index in [0.717, 1.165) is 28.1 Å². The molecule has 0 unspecified atom stereocenters. The Morgan fingerprint density at radius 1 is 0.903 bits per heavy atom. The summed E-state index contributed by atoms with van der Waals surface area (Å²) in [5.41, 5.74) is 4.61. The molecule has 0 atom stereocenters. The van der Waals surface area contributed by atoms with Crippen molar-refractivity contribution in [1.29, 1.82) is 0 Å². The fraction of sp³-hybridized carbons (Fsp3) is 0.0417. The molecule has 5 aromatic rings. The molecule has 0 saturated carbocycles. The number of benzene rings is 3. The van der Waals surface area contributed by atoms with Crippen LogP contribution in [0.15, 0.2) is 84.2 Å². The van der Waals surface area contributed by atoms with E-state index >= 15 is 0 Å². The number of methoxy groups -OCH3 is 1. The molecule has 0 aliphatic rings. The third-order valence-electron chi connectivity index (χ3n) is 4.95. The van der Waals surface area contributed by atoms with Gasteiger partial charge in [-0.15, -0.1) is 16.4 Å². The summed E-state index contributed by atoms with van der Waals surface area (Å²) >= 11 is 1.47. The number of rotatable bonds is 5. The second-order valence-corrected chi connectivity index (χ2v) is 7.71. The highest BCUT2D eigenvalue weighted by Gasteiger charge is 2.14. The molecule has 1 N–H and O–H groups in total. The van der Waals surface area contributed by atoms with Gasteiger partial charge in [-0.1, -0.05) is 42.5 Å². The van der Waals surface area contributed by atoms with Crippen molar-refractivity contribution in [3.8, 4) is 28.1 Å². The first-order chi connectivity index (χ1) is 15.2. The molecule has 3 aromatic carbocycles. The number of hydrogen-bond donors (Lipinski definition) is 1. The Morgan fingerprint density at radius 2 is 1.58 bits per heavy atom. The molecule has 0 spiro atoms. The van der Waals surface area contributed by atoms with Gasteiger partial charge in [-0.05, 0) is 47.5 Å². The van der Waals surface area contributed by atoms with Gasteiger partial charge in [-0.25, -0.2) is 4.52 Å². The summed E-state index contributed by atoms with van der Waals surface area (Å²) in [6.45, 7) is 0. The fourth-order valence-electron chi connectivity index (χ4n) is 3.31. The molecule has 0 aliphatic heterocycles. The fourth-order valence-corrected chi connectivity index (χ4v) is 4.14. The Kier molecular flexibility index (Phi) is 4.93. The van der Waals surface area contributed by atoms with Crippen molar-refractivity contribution in [2.24, 2.45) is 0 Å². The molecule has 2 aromatic heterocycles. The number of carbonyl (C=O) groups excluding carboxylic acids is 1. The SMILES string of the molecule is COc1ccc(-c2csc3nc(NC(=O)c4ccc(-c5ccccc5)cc4)nn23)cc1. The molecule has 152 valence electrons. The normalized spacial score (nSPS) is 10.9. The third kappa shape index (κ3) is 3.78. The quantitative estimate of drug-likeness (QED) is 0.409. The lowest BCUT2D eigenvalue weighted by atomic mass is 10.0. The molecule has 7 heteroatoms. The van der Waals surface area contributed by atoms with Crippen LogP contribution in [0.4, 0.5) is 5.95 Å². The molecule has 2 heterocycles. The van der Waals surface area contributed by atoms with E-state index in [2.05, 4.69) is 15.4 Å². The largest absolute Gasteiger partial charge is 0.497 e. The lowest BCUT2D eigenvalue weighted by Crippen LogP contribution is -2.13. The Balaban J connectivity index is 1.35. The van der Waals surface area contributed by atoms with Crippen LogP contribution in [-0.4, -0.2) is 27.6 Å². The first-order valence-corrected chi connectivity index (χ1v) is 10.5. The molecule has 31 heavy (non-hydrogen) atoms. The summed E-state index contributed by atoms with van der Waals surface area (Å²) in [5, 5.41) is 9.26. The summed E-state index contributed by atoms with van der Waals surface area (Å²) in [6.07, 6.45) is 0. The van der Waals surface area contributed by atoms with Crippen molar-refractivity contribution in [3.63, 3.8) is 0 Å². The number of thiazole rings is 1. The van der Waals surface area contributed by atoms with Gasteiger partial charge < -0.3 is 4.74 Å². The molecule has 0 fully saturated rings. The second-order valence-electron chi connectivity index (χ2n) is 6.88. The van der Waals surface area contributed by atoms with E-state index in [1.165, 1.54) is 11.3 Å². The van der Waals surface area contributed by atoms with Gasteiger partial charge in [0.25, 0.3) is 11.9 Å². The number of nitrogens with one attached hydrogen (secondary N) is 1. The van der Waals surface area contributed by atoms with E-state index < -0.39 is 0 Å². The highest BCUT2D eigenvalue weighted by Crippen LogP contribution is 2.27. The number of fused-ring (bicyclic) bond motifs is 1. The predicted octanol–water partition coefficient (Wildman–Crippen LogP) is 5.39. The second kappa shape index (κ2) is 8.04. The van der Waals surface area contributed by atoms with Gasteiger partial charge >= 0.3 is 0 Å². The van der Waals surface area contributed by atoms with Gasteiger partial charge in [0.1, 0.15) is 5.75 Å². The number of nitrogens with zero attached hydrogens (tertiary/aromatic N) is 3. The van der Waals surface area contributed by atoms with Crippen LogP contribution in [0.3, 0.4) is 0 Å². The summed E-state index contributed by atoms with van der Waals surface area (Å²) in [6, 6.07) is 25.3. The molecule has 5 rings (SSSR count). The average molecular weight is 427 g/mol. The first-order valence-electron chi connectivity index (χ1n) is 9.67. The third-order valence-corrected chi connectivity index (χ3v) is 5.76. The highest BCUT2D eigenvalue weighted by atomic mass is 32.1. The van der Waals surface area contributed by atoms with E-state index in [0.29, 0.717) is 10.5 Å². The van der Waals surface area contributed by atoms with E-state index in [1.54, 1.807) is 23.8 Å². The average Bonchev–Trinajstić information content (AvgIpc) is 3.40. The van der Waals surface area contributed by atoms with Crippen LogP contribution in [0.2, 0.25) is 0 Å². The van der Waals surface area contributed by atoms with Gasteiger partial charge in [-0.2, -0.15) is 4.98 Å². The Morgan fingerprint density at radius 3 is 2.29 bits per heavy atom. The number of aromatic nitrogens is 3. The lowest BCUT2D eigenvalue weighted by molar-refractivity contribution is 0.102.